The third-order valence-corrected chi connectivity index (χ3v) is 6.65. The molecule has 154 valence electrons. The molecule has 28 heavy (non-hydrogen) atoms. The molecule has 0 radical (unpaired) electrons. The Kier molecular flexibility index (Phi) is 7.74. The topological polar surface area (TPSA) is 88.2 Å². The Morgan fingerprint density at radius 1 is 1.14 bits per heavy atom. The molecule has 0 aliphatic carbocycles. The zero-order valence-corrected chi connectivity index (χ0v) is 18.7. The number of carbonyl (C=O) groups excluding carboxylic acids is 1. The average Bonchev–Trinajstić information content (AvgIpc) is 2.91. The van der Waals surface area contributed by atoms with Crippen LogP contribution in [-0.2, 0) is 28.7 Å². The van der Waals surface area contributed by atoms with E-state index in [0.717, 1.165) is 22.7 Å². The Labute approximate surface area is 171 Å². The molecular formula is C20H29N3O3S2. The lowest BCUT2D eigenvalue weighted by Crippen LogP contribution is -2.31. The van der Waals surface area contributed by atoms with Crippen LogP contribution in [0.5, 0.6) is 0 Å². The maximum atomic E-state index is 12.6. The van der Waals surface area contributed by atoms with Crippen molar-refractivity contribution in [1.29, 1.82) is 0 Å². The van der Waals surface area contributed by atoms with E-state index in [2.05, 4.69) is 28.9 Å². The molecular weight excluding hydrogens is 394 g/mol. The third kappa shape index (κ3) is 6.68. The van der Waals surface area contributed by atoms with Gasteiger partial charge in [-0.05, 0) is 37.8 Å². The van der Waals surface area contributed by atoms with Gasteiger partial charge in [-0.1, -0.05) is 38.1 Å². The summed E-state index contributed by atoms with van der Waals surface area (Å²) in [7, 11) is -3.43. The van der Waals surface area contributed by atoms with Crippen LogP contribution in [0.25, 0.3) is 0 Å². The standard InChI is InChI=1S/C20H29N3O3S2/c1-13(2)10-18-22-15(5)19(27-18)20(24)21-11-16-8-6-7-9-17(16)12-28(25,26)23-14(3)4/h6-9,13-14,23H,10-12H2,1-5H3,(H,21,24). The van der Waals surface area contributed by atoms with Crippen molar-refractivity contribution in [3.63, 3.8) is 0 Å². The van der Waals surface area contributed by atoms with Crippen molar-refractivity contribution >= 4 is 27.3 Å². The first-order valence-corrected chi connectivity index (χ1v) is 11.9. The molecule has 0 atom stereocenters. The second-order valence-corrected chi connectivity index (χ2v) is 10.4. The first-order chi connectivity index (χ1) is 13.1. The molecule has 0 spiro atoms. The van der Waals surface area contributed by atoms with Crippen molar-refractivity contribution in [3.8, 4) is 0 Å². The van der Waals surface area contributed by atoms with Gasteiger partial charge in [-0.2, -0.15) is 0 Å². The Bertz CT molecular complexity index is 919. The molecule has 2 aromatic rings. The van der Waals surface area contributed by atoms with Gasteiger partial charge in [0.1, 0.15) is 4.88 Å². The molecule has 0 aliphatic heterocycles. The van der Waals surface area contributed by atoms with Crippen LogP contribution in [0.15, 0.2) is 24.3 Å². The molecule has 8 heteroatoms. The summed E-state index contributed by atoms with van der Waals surface area (Å²) in [5.74, 6) is 0.188. The number of sulfonamides is 1. The fourth-order valence-corrected chi connectivity index (χ4v) is 5.52. The van der Waals surface area contributed by atoms with Crippen LogP contribution in [-0.4, -0.2) is 25.4 Å². The lowest BCUT2D eigenvalue weighted by molar-refractivity contribution is 0.0954. The number of aromatic nitrogens is 1. The number of carbonyl (C=O) groups is 1. The number of nitrogens with zero attached hydrogens (tertiary/aromatic N) is 1. The van der Waals surface area contributed by atoms with E-state index in [0.29, 0.717) is 16.4 Å². The number of nitrogens with one attached hydrogen (secondary N) is 2. The van der Waals surface area contributed by atoms with E-state index >= 15 is 0 Å². The minimum Gasteiger partial charge on any atom is -0.347 e. The van der Waals surface area contributed by atoms with Gasteiger partial charge in [0.2, 0.25) is 10.0 Å². The molecule has 0 saturated carbocycles. The zero-order chi connectivity index (χ0) is 20.9. The van der Waals surface area contributed by atoms with Gasteiger partial charge in [-0.3, -0.25) is 4.79 Å². The summed E-state index contributed by atoms with van der Waals surface area (Å²) in [6.45, 7) is 9.92. The summed E-state index contributed by atoms with van der Waals surface area (Å²) in [5.41, 5.74) is 2.20. The number of hydrogen-bond donors (Lipinski definition) is 2. The smallest absolute Gasteiger partial charge is 0.263 e. The zero-order valence-electron chi connectivity index (χ0n) is 17.1. The maximum absolute atomic E-state index is 12.6. The fourth-order valence-electron chi connectivity index (χ4n) is 2.83. The number of benzene rings is 1. The van der Waals surface area contributed by atoms with E-state index in [1.54, 1.807) is 26.0 Å². The molecule has 1 aromatic heterocycles. The molecule has 1 aromatic carbocycles. The Morgan fingerprint density at radius 3 is 2.39 bits per heavy atom. The predicted octanol–water partition coefficient (Wildman–Crippen LogP) is 3.41. The lowest BCUT2D eigenvalue weighted by Gasteiger charge is -2.13. The average molecular weight is 424 g/mol. The van der Waals surface area contributed by atoms with Gasteiger partial charge in [0.15, 0.2) is 0 Å². The molecule has 6 nitrogen and oxygen atoms in total. The number of amides is 1. The van der Waals surface area contributed by atoms with E-state index in [4.69, 9.17) is 0 Å². The van der Waals surface area contributed by atoms with Crippen molar-refractivity contribution in [1.82, 2.24) is 15.0 Å². The van der Waals surface area contributed by atoms with Crippen molar-refractivity contribution in [2.24, 2.45) is 5.92 Å². The van der Waals surface area contributed by atoms with Crippen LogP contribution in [0, 0.1) is 12.8 Å². The summed E-state index contributed by atoms with van der Waals surface area (Å²) in [6.07, 6.45) is 0.850. The van der Waals surface area contributed by atoms with E-state index < -0.39 is 10.0 Å². The number of hydrogen-bond acceptors (Lipinski definition) is 5. The predicted molar refractivity (Wildman–Crippen MR) is 114 cm³/mol. The highest BCUT2D eigenvalue weighted by atomic mass is 32.2. The van der Waals surface area contributed by atoms with Crippen LogP contribution in [0.2, 0.25) is 0 Å². The van der Waals surface area contributed by atoms with Crippen molar-refractivity contribution in [2.45, 2.75) is 59.4 Å². The highest BCUT2D eigenvalue weighted by Gasteiger charge is 2.18. The van der Waals surface area contributed by atoms with Gasteiger partial charge in [0.25, 0.3) is 5.91 Å². The summed E-state index contributed by atoms with van der Waals surface area (Å²) >= 11 is 1.42. The molecule has 1 amide bonds. The molecule has 0 saturated heterocycles. The first-order valence-electron chi connectivity index (χ1n) is 9.38. The minimum atomic E-state index is -3.43. The van der Waals surface area contributed by atoms with Crippen LogP contribution in [0.3, 0.4) is 0 Å². The normalized spacial score (nSPS) is 12.0. The quantitative estimate of drug-likeness (QED) is 0.647. The third-order valence-electron chi connectivity index (χ3n) is 3.95. The largest absolute Gasteiger partial charge is 0.347 e. The van der Waals surface area contributed by atoms with Crippen LogP contribution >= 0.6 is 11.3 Å². The van der Waals surface area contributed by atoms with Gasteiger partial charge in [-0.25, -0.2) is 18.1 Å². The molecule has 0 bridgehead atoms. The van der Waals surface area contributed by atoms with E-state index in [1.807, 2.05) is 19.1 Å². The maximum Gasteiger partial charge on any atom is 0.263 e. The lowest BCUT2D eigenvalue weighted by atomic mass is 10.1. The van der Waals surface area contributed by atoms with E-state index in [1.165, 1.54) is 11.3 Å². The first kappa shape index (κ1) is 22.5. The Balaban J connectivity index is 2.09. The molecule has 1 heterocycles. The number of thiazole rings is 1. The van der Waals surface area contributed by atoms with Gasteiger partial charge in [-0.15, -0.1) is 11.3 Å². The second-order valence-electron chi connectivity index (χ2n) is 7.60. The Hall–Kier alpha value is -1.77. The highest BCUT2D eigenvalue weighted by Crippen LogP contribution is 2.21. The van der Waals surface area contributed by atoms with Gasteiger partial charge in [0, 0.05) is 19.0 Å². The minimum absolute atomic E-state index is 0.116. The Morgan fingerprint density at radius 2 is 1.79 bits per heavy atom. The van der Waals surface area contributed by atoms with Crippen molar-refractivity contribution in [2.75, 3.05) is 0 Å². The molecule has 2 rings (SSSR count). The van der Waals surface area contributed by atoms with Gasteiger partial charge < -0.3 is 5.32 Å². The summed E-state index contributed by atoms with van der Waals surface area (Å²) in [5, 5.41) is 3.87. The fraction of sp³-hybridized carbons (Fsp3) is 0.500. The van der Waals surface area contributed by atoms with Crippen molar-refractivity contribution in [3.05, 3.63) is 51.0 Å². The molecule has 0 aliphatic rings. The molecule has 2 N–H and O–H groups in total. The number of rotatable bonds is 9. The van der Waals surface area contributed by atoms with Gasteiger partial charge in [0.05, 0.1) is 16.5 Å². The van der Waals surface area contributed by atoms with Gasteiger partial charge >= 0.3 is 0 Å². The van der Waals surface area contributed by atoms with Crippen LogP contribution in [0.4, 0.5) is 0 Å². The van der Waals surface area contributed by atoms with Crippen LogP contribution < -0.4 is 10.0 Å². The molecule has 0 unspecified atom stereocenters. The summed E-state index contributed by atoms with van der Waals surface area (Å²) in [4.78, 5) is 17.7. The number of aryl methyl sites for hydroxylation is 1. The SMILES string of the molecule is Cc1nc(CC(C)C)sc1C(=O)NCc1ccccc1CS(=O)(=O)NC(C)C. The van der Waals surface area contributed by atoms with E-state index in [9.17, 15) is 13.2 Å². The highest BCUT2D eigenvalue weighted by molar-refractivity contribution is 7.88. The van der Waals surface area contributed by atoms with Crippen molar-refractivity contribution < 1.29 is 13.2 Å². The summed E-state index contributed by atoms with van der Waals surface area (Å²) < 4.78 is 27.1. The van der Waals surface area contributed by atoms with Crippen LogP contribution in [0.1, 0.15) is 59.2 Å². The molecule has 0 fully saturated rings. The van der Waals surface area contributed by atoms with E-state index in [-0.39, 0.29) is 24.2 Å². The second kappa shape index (κ2) is 9.62. The monoisotopic (exact) mass is 423 g/mol. The summed E-state index contributed by atoms with van der Waals surface area (Å²) in [6, 6.07) is 7.10.